The topological polar surface area (TPSA) is 86.3 Å². The molecule has 0 spiro atoms. The first-order chi connectivity index (χ1) is 13.9. The van der Waals surface area contributed by atoms with Crippen molar-refractivity contribution in [1.29, 1.82) is 0 Å². The lowest BCUT2D eigenvalue weighted by Crippen LogP contribution is -2.22. The minimum absolute atomic E-state index is 0.0247. The zero-order valence-electron chi connectivity index (χ0n) is 16.7. The van der Waals surface area contributed by atoms with E-state index >= 15 is 0 Å². The number of pyridine rings is 1. The van der Waals surface area contributed by atoms with Crippen molar-refractivity contribution >= 4 is 34.3 Å². The number of benzene rings is 2. The van der Waals surface area contributed by atoms with Gasteiger partial charge in [-0.25, -0.2) is 0 Å². The Morgan fingerprint density at radius 1 is 0.966 bits per heavy atom. The first kappa shape index (κ1) is 19.0. The number of anilines is 5. The fraction of sp³-hybridized carbons (Fsp3) is 0.217. The van der Waals surface area contributed by atoms with E-state index in [-0.39, 0.29) is 12.5 Å². The maximum atomic E-state index is 12.8. The Balaban J connectivity index is 1.67. The summed E-state index contributed by atoms with van der Waals surface area (Å²) in [6.45, 7) is 5.90. The van der Waals surface area contributed by atoms with E-state index in [0.29, 0.717) is 11.3 Å². The zero-order valence-corrected chi connectivity index (χ0v) is 16.7. The fourth-order valence-corrected chi connectivity index (χ4v) is 3.32. The van der Waals surface area contributed by atoms with Gasteiger partial charge >= 0.3 is 0 Å². The number of hydrogen-bond acceptors (Lipinski definition) is 5. The summed E-state index contributed by atoms with van der Waals surface area (Å²) in [6.07, 6.45) is 1.76. The van der Waals surface area contributed by atoms with Crippen molar-refractivity contribution < 1.29 is 9.90 Å². The lowest BCUT2D eigenvalue weighted by molar-refractivity contribution is 0.102. The van der Waals surface area contributed by atoms with Gasteiger partial charge in [-0.05, 0) is 55.0 Å². The van der Waals surface area contributed by atoms with Gasteiger partial charge in [0, 0.05) is 28.7 Å². The number of nitrogens with one attached hydrogen (secondary N) is 3. The molecule has 2 aromatic carbocycles. The molecule has 1 amide bonds. The predicted molar refractivity (Wildman–Crippen MR) is 116 cm³/mol. The maximum absolute atomic E-state index is 12.8. The quantitative estimate of drug-likeness (QED) is 0.520. The van der Waals surface area contributed by atoms with Gasteiger partial charge in [-0.3, -0.25) is 9.78 Å². The van der Waals surface area contributed by atoms with Gasteiger partial charge in [-0.2, -0.15) is 0 Å². The van der Waals surface area contributed by atoms with Gasteiger partial charge < -0.3 is 21.1 Å². The molecule has 4 N–H and O–H groups in total. The van der Waals surface area contributed by atoms with Gasteiger partial charge in [0.15, 0.2) is 0 Å². The number of nitrogens with zero attached hydrogens (tertiary/aromatic N) is 1. The normalized spacial score (nSPS) is 12.9. The molecule has 0 radical (unpaired) electrons. The monoisotopic (exact) mass is 388 g/mol. The van der Waals surface area contributed by atoms with Crippen LogP contribution >= 0.6 is 0 Å². The van der Waals surface area contributed by atoms with Crippen molar-refractivity contribution in [2.45, 2.75) is 26.2 Å². The maximum Gasteiger partial charge on any atom is 0.257 e. The number of aromatic nitrogens is 1. The van der Waals surface area contributed by atoms with Crippen LogP contribution in [0.15, 0.2) is 54.7 Å². The van der Waals surface area contributed by atoms with E-state index in [1.165, 1.54) is 0 Å². The highest BCUT2D eigenvalue weighted by molar-refractivity contribution is 6.12. The summed E-state index contributed by atoms with van der Waals surface area (Å²) in [5.41, 5.74) is 6.12. The highest BCUT2D eigenvalue weighted by Gasteiger charge is 2.24. The second-order valence-electron chi connectivity index (χ2n) is 7.95. The van der Waals surface area contributed by atoms with Crippen LogP contribution in [0.3, 0.4) is 0 Å². The average Bonchev–Trinajstić information content (AvgIpc) is 2.82. The average molecular weight is 388 g/mol. The first-order valence-corrected chi connectivity index (χ1v) is 9.53. The molecule has 1 aliphatic rings. The van der Waals surface area contributed by atoms with Crippen LogP contribution in [0, 0.1) is 6.92 Å². The third kappa shape index (κ3) is 3.79. The van der Waals surface area contributed by atoms with Crippen molar-refractivity contribution in [3.05, 3.63) is 71.5 Å². The summed E-state index contributed by atoms with van der Waals surface area (Å²) in [7, 11) is 0. The number of rotatable bonds is 4. The van der Waals surface area contributed by atoms with E-state index in [0.717, 1.165) is 34.0 Å². The molecule has 29 heavy (non-hydrogen) atoms. The number of aliphatic hydroxyl groups excluding tert-OH is 1. The van der Waals surface area contributed by atoms with E-state index < -0.39 is 5.41 Å². The molecule has 2 heterocycles. The SMILES string of the molecule is Cc1cc(Nc2ccc3c(c2)Nc2ccc(C(C)(C)CO)cc2NC3=O)ccn1. The number of carbonyl (C=O) groups is 1. The Labute approximate surface area is 170 Å². The number of aliphatic hydroxyl groups is 1. The summed E-state index contributed by atoms with van der Waals surface area (Å²) < 4.78 is 0. The predicted octanol–water partition coefficient (Wildman–Crippen LogP) is 4.71. The van der Waals surface area contributed by atoms with Crippen molar-refractivity contribution in [2.24, 2.45) is 0 Å². The van der Waals surface area contributed by atoms with E-state index in [1.54, 1.807) is 12.3 Å². The number of hydrogen-bond donors (Lipinski definition) is 4. The molecule has 3 aromatic rings. The summed E-state index contributed by atoms with van der Waals surface area (Å²) in [6, 6.07) is 15.3. The molecule has 0 saturated heterocycles. The van der Waals surface area contributed by atoms with Gasteiger partial charge in [0.2, 0.25) is 0 Å². The summed E-state index contributed by atoms with van der Waals surface area (Å²) in [4.78, 5) is 17.0. The van der Waals surface area contributed by atoms with Crippen LogP contribution in [-0.2, 0) is 5.41 Å². The van der Waals surface area contributed by atoms with Crippen LogP contribution in [0.2, 0.25) is 0 Å². The van der Waals surface area contributed by atoms with Crippen LogP contribution in [0.5, 0.6) is 0 Å². The van der Waals surface area contributed by atoms with Crippen molar-refractivity contribution in [1.82, 2.24) is 4.98 Å². The molecular weight excluding hydrogens is 364 g/mol. The number of aryl methyl sites for hydroxylation is 1. The van der Waals surface area contributed by atoms with E-state index in [1.807, 2.05) is 63.2 Å². The smallest absolute Gasteiger partial charge is 0.257 e. The van der Waals surface area contributed by atoms with Crippen molar-refractivity contribution in [2.75, 3.05) is 22.6 Å². The number of carbonyl (C=O) groups excluding carboxylic acids is 1. The highest BCUT2D eigenvalue weighted by Crippen LogP contribution is 2.36. The molecule has 6 nitrogen and oxygen atoms in total. The summed E-state index contributed by atoms with van der Waals surface area (Å²) >= 11 is 0. The number of amides is 1. The molecule has 0 fully saturated rings. The molecule has 1 aromatic heterocycles. The molecule has 0 unspecified atom stereocenters. The van der Waals surface area contributed by atoms with Crippen LogP contribution in [0.1, 0.15) is 35.5 Å². The van der Waals surface area contributed by atoms with Crippen LogP contribution < -0.4 is 16.0 Å². The molecular formula is C23H24N4O2. The van der Waals surface area contributed by atoms with E-state index in [9.17, 15) is 9.90 Å². The van der Waals surface area contributed by atoms with Gasteiger partial charge in [0.1, 0.15) is 0 Å². The molecule has 4 rings (SSSR count). The Kier molecular flexibility index (Phi) is 4.72. The van der Waals surface area contributed by atoms with Crippen LogP contribution in [0.25, 0.3) is 0 Å². The van der Waals surface area contributed by atoms with Gasteiger partial charge in [0.05, 0.1) is 29.2 Å². The van der Waals surface area contributed by atoms with E-state index in [2.05, 4.69) is 20.9 Å². The third-order valence-electron chi connectivity index (χ3n) is 5.16. The van der Waals surface area contributed by atoms with Gasteiger partial charge in [0.25, 0.3) is 5.91 Å². The summed E-state index contributed by atoms with van der Waals surface area (Å²) in [5, 5.41) is 19.4. The molecule has 6 heteroatoms. The second-order valence-corrected chi connectivity index (χ2v) is 7.95. The highest BCUT2D eigenvalue weighted by atomic mass is 16.3. The minimum atomic E-state index is -0.390. The Morgan fingerprint density at radius 3 is 2.52 bits per heavy atom. The lowest BCUT2D eigenvalue weighted by Gasteiger charge is -2.23. The standard InChI is InChI=1S/C23H24N4O2/c1-14-10-17(8-9-24-14)25-16-5-6-18-20(12-16)26-19-7-4-15(23(2,3)13-28)11-21(19)27-22(18)29/h4-12,26,28H,13H2,1-3H3,(H,24,25)(H,27,29). The van der Waals surface area contributed by atoms with Crippen molar-refractivity contribution in [3.8, 4) is 0 Å². The molecule has 0 aliphatic carbocycles. The van der Waals surface area contributed by atoms with E-state index in [4.69, 9.17) is 0 Å². The molecule has 0 atom stereocenters. The molecule has 0 bridgehead atoms. The Bertz CT molecular complexity index is 1090. The van der Waals surface area contributed by atoms with Crippen LogP contribution in [0.4, 0.5) is 28.4 Å². The zero-order chi connectivity index (χ0) is 20.6. The van der Waals surface area contributed by atoms with Gasteiger partial charge in [-0.15, -0.1) is 0 Å². The van der Waals surface area contributed by atoms with Crippen molar-refractivity contribution in [3.63, 3.8) is 0 Å². The van der Waals surface area contributed by atoms with Crippen LogP contribution in [-0.4, -0.2) is 22.6 Å². The lowest BCUT2D eigenvalue weighted by atomic mass is 9.85. The third-order valence-corrected chi connectivity index (χ3v) is 5.16. The Hall–Kier alpha value is -3.38. The minimum Gasteiger partial charge on any atom is -0.395 e. The number of fused-ring (bicyclic) bond motifs is 2. The first-order valence-electron chi connectivity index (χ1n) is 9.53. The van der Waals surface area contributed by atoms with Gasteiger partial charge in [-0.1, -0.05) is 19.9 Å². The summed E-state index contributed by atoms with van der Waals surface area (Å²) in [5.74, 6) is -0.170. The largest absolute Gasteiger partial charge is 0.395 e. The second kappa shape index (κ2) is 7.22. The Morgan fingerprint density at radius 2 is 1.76 bits per heavy atom. The molecule has 148 valence electrons. The fourth-order valence-electron chi connectivity index (χ4n) is 3.32. The molecule has 1 aliphatic heterocycles. The molecule has 0 saturated carbocycles.